The van der Waals surface area contributed by atoms with Crippen LogP contribution in [0.4, 0.5) is 0 Å². The Hall–Kier alpha value is -2.52. The Morgan fingerprint density at radius 3 is 2.17 bits per heavy atom. The van der Waals surface area contributed by atoms with Crippen molar-refractivity contribution < 1.29 is 33.6 Å². The quantitative estimate of drug-likeness (QED) is 0.755. The molecule has 1 amide bonds. The van der Waals surface area contributed by atoms with E-state index in [9.17, 15) is 14.7 Å². The predicted molar refractivity (Wildman–Crippen MR) is 104 cm³/mol. The first kappa shape index (κ1) is 21.2. The average Bonchev–Trinajstić information content (AvgIpc) is 3.11. The summed E-state index contributed by atoms with van der Waals surface area (Å²) in [5.74, 6) is -0.487. The van der Waals surface area contributed by atoms with Crippen LogP contribution in [0.2, 0.25) is 0 Å². The molecule has 3 rings (SSSR count). The van der Waals surface area contributed by atoms with Gasteiger partial charge in [0.05, 0.1) is 27.9 Å². The van der Waals surface area contributed by atoms with Gasteiger partial charge in [-0.2, -0.15) is 0 Å². The number of hydrogen-bond donors (Lipinski definition) is 1. The minimum absolute atomic E-state index is 0.0301. The molecular weight excluding hydrogens is 380 g/mol. The number of carboxylic acids is 1. The summed E-state index contributed by atoms with van der Waals surface area (Å²) in [5.41, 5.74) is -0.666. The van der Waals surface area contributed by atoms with E-state index in [4.69, 9.17) is 18.9 Å². The fourth-order valence-corrected chi connectivity index (χ4v) is 4.12. The van der Waals surface area contributed by atoms with Crippen LogP contribution >= 0.6 is 0 Å². The van der Waals surface area contributed by atoms with Crippen molar-refractivity contribution in [3.05, 3.63) is 17.7 Å². The molecule has 0 bridgehead atoms. The third-order valence-electron chi connectivity index (χ3n) is 5.76. The van der Waals surface area contributed by atoms with E-state index in [1.54, 1.807) is 0 Å². The fourth-order valence-electron chi connectivity index (χ4n) is 4.12. The number of ether oxygens (including phenoxy) is 4. The van der Waals surface area contributed by atoms with Crippen LogP contribution in [0.3, 0.4) is 0 Å². The van der Waals surface area contributed by atoms with Crippen LogP contribution in [0.15, 0.2) is 12.1 Å². The minimum Gasteiger partial charge on any atom is -0.493 e. The first-order valence-corrected chi connectivity index (χ1v) is 9.63. The third-order valence-corrected chi connectivity index (χ3v) is 5.76. The summed E-state index contributed by atoms with van der Waals surface area (Å²) < 4.78 is 22.0. The standard InChI is InChI=1S/C20H28N2O7/c1-5-21-8-6-20(7-9-21)22(14(12-29-20)19(24)25)18(23)13-10-15(26-2)17(28-4)16(11-13)27-3/h10-11,14H,5-9,12H2,1-4H3,(H,24,25). The highest BCUT2D eigenvalue weighted by Gasteiger charge is 2.54. The third kappa shape index (κ3) is 3.72. The van der Waals surface area contributed by atoms with Gasteiger partial charge in [0.1, 0.15) is 5.72 Å². The number of methoxy groups -OCH3 is 3. The summed E-state index contributed by atoms with van der Waals surface area (Å²) >= 11 is 0. The lowest BCUT2D eigenvalue weighted by Crippen LogP contribution is -2.58. The molecule has 9 nitrogen and oxygen atoms in total. The van der Waals surface area contributed by atoms with Gasteiger partial charge in [-0.15, -0.1) is 0 Å². The Bertz CT molecular complexity index is 749. The summed E-state index contributed by atoms with van der Waals surface area (Å²) in [6, 6.07) is 2.03. The molecule has 1 aromatic rings. The van der Waals surface area contributed by atoms with E-state index in [1.807, 2.05) is 0 Å². The van der Waals surface area contributed by atoms with Crippen LogP contribution in [-0.2, 0) is 9.53 Å². The molecule has 29 heavy (non-hydrogen) atoms. The minimum atomic E-state index is -1.08. The SMILES string of the molecule is CCN1CCC2(CC1)OCC(C(=O)O)N2C(=O)c1cc(OC)c(OC)c(OC)c1. The Labute approximate surface area is 170 Å². The van der Waals surface area contributed by atoms with Crippen LogP contribution in [0.5, 0.6) is 17.2 Å². The Kier molecular flexibility index (Phi) is 6.18. The number of piperidine rings is 1. The van der Waals surface area contributed by atoms with E-state index in [0.717, 1.165) is 19.6 Å². The van der Waals surface area contributed by atoms with Crippen LogP contribution in [-0.4, -0.2) is 86.1 Å². The number of carbonyl (C=O) groups is 2. The molecular formula is C20H28N2O7. The number of nitrogens with zero attached hydrogens (tertiary/aromatic N) is 2. The molecule has 9 heteroatoms. The zero-order chi connectivity index (χ0) is 21.2. The smallest absolute Gasteiger partial charge is 0.328 e. The van der Waals surface area contributed by atoms with Gasteiger partial charge in [-0.3, -0.25) is 9.69 Å². The van der Waals surface area contributed by atoms with Crippen molar-refractivity contribution in [1.82, 2.24) is 9.80 Å². The molecule has 1 unspecified atom stereocenters. The van der Waals surface area contributed by atoms with Crippen molar-refractivity contribution in [3.63, 3.8) is 0 Å². The lowest BCUT2D eigenvalue weighted by atomic mass is 9.96. The molecule has 2 saturated heterocycles. The van der Waals surface area contributed by atoms with E-state index >= 15 is 0 Å². The Morgan fingerprint density at radius 2 is 1.72 bits per heavy atom. The van der Waals surface area contributed by atoms with E-state index < -0.39 is 23.6 Å². The molecule has 2 aliphatic rings. The summed E-state index contributed by atoms with van der Waals surface area (Å²) in [4.78, 5) is 29.1. The summed E-state index contributed by atoms with van der Waals surface area (Å²) in [7, 11) is 4.41. The molecule has 0 aromatic heterocycles. The van der Waals surface area contributed by atoms with Crippen LogP contribution in [0.25, 0.3) is 0 Å². The molecule has 2 aliphatic heterocycles. The van der Waals surface area contributed by atoms with E-state index in [2.05, 4.69) is 11.8 Å². The summed E-state index contributed by atoms with van der Waals surface area (Å²) in [6.07, 6.45) is 1.11. The molecule has 2 fully saturated rings. The zero-order valence-electron chi connectivity index (χ0n) is 17.3. The summed E-state index contributed by atoms with van der Waals surface area (Å²) in [6.45, 7) is 4.42. The maximum absolute atomic E-state index is 13.5. The second-order valence-corrected chi connectivity index (χ2v) is 7.13. The summed E-state index contributed by atoms with van der Waals surface area (Å²) in [5, 5.41) is 9.72. The highest BCUT2D eigenvalue weighted by molar-refractivity contribution is 5.98. The van der Waals surface area contributed by atoms with Crippen molar-refractivity contribution >= 4 is 11.9 Å². The van der Waals surface area contributed by atoms with Gasteiger partial charge in [-0.25, -0.2) is 4.79 Å². The molecule has 1 aromatic carbocycles. The van der Waals surface area contributed by atoms with Crippen molar-refractivity contribution in [2.24, 2.45) is 0 Å². The number of hydrogen-bond acceptors (Lipinski definition) is 7. The van der Waals surface area contributed by atoms with Crippen molar-refractivity contribution in [3.8, 4) is 17.2 Å². The first-order valence-electron chi connectivity index (χ1n) is 9.63. The van der Waals surface area contributed by atoms with Crippen molar-refractivity contribution in [2.75, 3.05) is 47.6 Å². The van der Waals surface area contributed by atoms with Crippen LogP contribution in [0, 0.1) is 0 Å². The number of rotatable bonds is 6. The number of aliphatic carboxylic acids is 1. The molecule has 0 radical (unpaired) electrons. The number of benzene rings is 1. The molecule has 1 spiro atoms. The topological polar surface area (TPSA) is 97.8 Å². The van der Waals surface area contributed by atoms with Crippen LogP contribution in [0.1, 0.15) is 30.1 Å². The van der Waals surface area contributed by atoms with E-state index in [0.29, 0.717) is 30.1 Å². The number of likely N-dealkylation sites (tertiary alicyclic amines) is 1. The predicted octanol–water partition coefficient (Wildman–Crippen LogP) is 1.45. The Balaban J connectivity index is 2.01. The second kappa shape index (κ2) is 8.46. The van der Waals surface area contributed by atoms with Gasteiger partial charge in [-0.05, 0) is 18.7 Å². The number of carboxylic acid groups (broad SMARTS) is 1. The molecule has 0 aliphatic carbocycles. The van der Waals surface area contributed by atoms with Gasteiger partial charge < -0.3 is 29.0 Å². The van der Waals surface area contributed by atoms with Gasteiger partial charge in [-0.1, -0.05) is 6.92 Å². The van der Waals surface area contributed by atoms with Gasteiger partial charge >= 0.3 is 5.97 Å². The van der Waals surface area contributed by atoms with Gasteiger partial charge in [0.25, 0.3) is 5.91 Å². The van der Waals surface area contributed by atoms with Gasteiger partial charge in [0.2, 0.25) is 5.75 Å². The molecule has 0 saturated carbocycles. The first-order chi connectivity index (χ1) is 13.9. The largest absolute Gasteiger partial charge is 0.493 e. The van der Waals surface area contributed by atoms with E-state index in [1.165, 1.54) is 38.4 Å². The van der Waals surface area contributed by atoms with E-state index in [-0.39, 0.29) is 12.2 Å². The zero-order valence-corrected chi connectivity index (χ0v) is 17.3. The molecule has 1 N–H and O–H groups in total. The molecule has 160 valence electrons. The Morgan fingerprint density at radius 1 is 1.14 bits per heavy atom. The second-order valence-electron chi connectivity index (χ2n) is 7.13. The average molecular weight is 408 g/mol. The van der Waals surface area contributed by atoms with Gasteiger partial charge in [0.15, 0.2) is 17.5 Å². The monoisotopic (exact) mass is 408 g/mol. The lowest BCUT2D eigenvalue weighted by molar-refractivity contribution is -0.143. The van der Waals surface area contributed by atoms with Gasteiger partial charge in [0, 0.05) is 31.5 Å². The van der Waals surface area contributed by atoms with Crippen LogP contribution < -0.4 is 14.2 Å². The maximum Gasteiger partial charge on any atom is 0.328 e. The molecule has 1 atom stereocenters. The van der Waals surface area contributed by atoms with Crippen molar-refractivity contribution in [2.45, 2.75) is 31.5 Å². The number of carbonyl (C=O) groups excluding carboxylic acids is 1. The maximum atomic E-state index is 13.5. The lowest BCUT2D eigenvalue weighted by Gasteiger charge is -2.44. The highest BCUT2D eigenvalue weighted by atomic mass is 16.5. The fraction of sp³-hybridized carbons (Fsp3) is 0.600. The normalized spacial score (nSPS) is 21.2. The number of amides is 1. The highest BCUT2D eigenvalue weighted by Crippen LogP contribution is 2.42. The van der Waals surface area contributed by atoms with Crippen molar-refractivity contribution in [1.29, 1.82) is 0 Å². The molecule has 2 heterocycles.